The van der Waals surface area contributed by atoms with E-state index < -0.39 is 23.3 Å². The second-order valence-corrected chi connectivity index (χ2v) is 6.19. The Balaban J connectivity index is 1.75. The molecule has 3 aromatic rings. The molecule has 3 aromatic carbocycles. The normalized spacial score (nSPS) is 10.2. The van der Waals surface area contributed by atoms with Crippen molar-refractivity contribution in [2.75, 3.05) is 12.4 Å². The van der Waals surface area contributed by atoms with Crippen molar-refractivity contribution in [2.45, 2.75) is 0 Å². The molecular formula is C21H16ClFN2O3. The number of hydrogen-bond acceptors (Lipinski definition) is 3. The summed E-state index contributed by atoms with van der Waals surface area (Å²) in [7, 11) is 1.52. The molecule has 0 atom stereocenters. The number of methoxy groups -OCH3 is 1. The summed E-state index contributed by atoms with van der Waals surface area (Å²) in [4.78, 5) is 24.3. The lowest BCUT2D eigenvalue weighted by atomic mass is 10.0. The molecule has 0 spiro atoms. The van der Waals surface area contributed by atoms with Crippen LogP contribution < -0.4 is 15.4 Å². The average Bonchev–Trinajstić information content (AvgIpc) is 2.68. The fraction of sp³-hybridized carbons (Fsp3) is 0.0476. The Morgan fingerprint density at radius 2 is 1.75 bits per heavy atom. The minimum Gasteiger partial charge on any atom is -0.496 e. The van der Waals surface area contributed by atoms with Crippen LogP contribution in [0.1, 0.15) is 10.4 Å². The number of halogens is 2. The number of ether oxygens (including phenoxy) is 1. The maximum Gasteiger partial charge on any atom is 0.326 e. The van der Waals surface area contributed by atoms with Crippen LogP contribution in [0.15, 0.2) is 66.7 Å². The third-order valence-corrected chi connectivity index (χ3v) is 4.28. The van der Waals surface area contributed by atoms with Crippen molar-refractivity contribution >= 4 is 29.2 Å². The van der Waals surface area contributed by atoms with E-state index in [1.54, 1.807) is 18.2 Å². The standard InChI is InChI=1S/C21H16ClFN2O3/c1-28-18-12-14(10-11-15(18)13-6-3-2-4-7-13)24-21(27)25-20(26)19-16(22)8-5-9-17(19)23/h2-12H,1H3,(H2,24,25,26,27). The van der Waals surface area contributed by atoms with Crippen LogP contribution in [0.3, 0.4) is 0 Å². The minimum atomic E-state index is -0.937. The zero-order chi connectivity index (χ0) is 20.1. The van der Waals surface area contributed by atoms with Gasteiger partial charge < -0.3 is 10.1 Å². The van der Waals surface area contributed by atoms with E-state index in [-0.39, 0.29) is 5.02 Å². The van der Waals surface area contributed by atoms with E-state index in [4.69, 9.17) is 16.3 Å². The third-order valence-electron chi connectivity index (χ3n) is 3.96. The topological polar surface area (TPSA) is 67.4 Å². The zero-order valence-electron chi connectivity index (χ0n) is 14.8. The number of amides is 3. The summed E-state index contributed by atoms with van der Waals surface area (Å²) in [5.74, 6) is -1.20. The fourth-order valence-corrected chi connectivity index (χ4v) is 2.92. The number of hydrogen-bond donors (Lipinski definition) is 2. The lowest BCUT2D eigenvalue weighted by Gasteiger charge is -2.12. The molecule has 0 fully saturated rings. The molecular weight excluding hydrogens is 383 g/mol. The minimum absolute atomic E-state index is 0.0841. The molecule has 0 bridgehead atoms. The highest BCUT2D eigenvalue weighted by atomic mass is 35.5. The van der Waals surface area contributed by atoms with Crippen LogP contribution in [0.2, 0.25) is 5.02 Å². The smallest absolute Gasteiger partial charge is 0.326 e. The zero-order valence-corrected chi connectivity index (χ0v) is 15.6. The van der Waals surface area contributed by atoms with Crippen molar-refractivity contribution < 1.29 is 18.7 Å². The van der Waals surface area contributed by atoms with E-state index in [1.165, 1.54) is 19.2 Å². The van der Waals surface area contributed by atoms with Gasteiger partial charge in [-0.05, 0) is 29.8 Å². The van der Waals surface area contributed by atoms with Crippen LogP contribution in [-0.2, 0) is 0 Å². The van der Waals surface area contributed by atoms with Crippen LogP contribution in [0.4, 0.5) is 14.9 Å². The van der Waals surface area contributed by atoms with Crippen molar-refractivity contribution in [3.8, 4) is 16.9 Å². The molecule has 142 valence electrons. The molecule has 0 saturated heterocycles. The highest BCUT2D eigenvalue weighted by Crippen LogP contribution is 2.32. The second-order valence-electron chi connectivity index (χ2n) is 5.79. The highest BCUT2D eigenvalue weighted by molar-refractivity contribution is 6.34. The summed E-state index contributed by atoms with van der Waals surface area (Å²) in [6.07, 6.45) is 0. The first-order chi connectivity index (χ1) is 13.5. The molecule has 28 heavy (non-hydrogen) atoms. The van der Waals surface area contributed by atoms with Gasteiger partial charge in [-0.1, -0.05) is 48.0 Å². The van der Waals surface area contributed by atoms with Crippen molar-refractivity contribution in [2.24, 2.45) is 0 Å². The molecule has 0 radical (unpaired) electrons. The largest absolute Gasteiger partial charge is 0.496 e. The Kier molecular flexibility index (Phi) is 5.91. The Bertz CT molecular complexity index is 1010. The maximum atomic E-state index is 13.8. The van der Waals surface area contributed by atoms with Gasteiger partial charge in [-0.2, -0.15) is 0 Å². The Hall–Kier alpha value is -3.38. The maximum absolute atomic E-state index is 13.8. The predicted octanol–water partition coefficient (Wildman–Crippen LogP) is 5.12. The van der Waals surface area contributed by atoms with Crippen LogP contribution in [0, 0.1) is 5.82 Å². The second kappa shape index (κ2) is 8.54. The van der Waals surface area contributed by atoms with Gasteiger partial charge in [0.05, 0.1) is 17.7 Å². The average molecular weight is 399 g/mol. The summed E-state index contributed by atoms with van der Waals surface area (Å²) in [5.41, 5.74) is 1.82. The van der Waals surface area contributed by atoms with Gasteiger partial charge in [0.25, 0.3) is 5.91 Å². The SMILES string of the molecule is COc1cc(NC(=O)NC(=O)c2c(F)cccc2Cl)ccc1-c1ccccc1. The van der Waals surface area contributed by atoms with Gasteiger partial charge in [-0.3, -0.25) is 10.1 Å². The first-order valence-electron chi connectivity index (χ1n) is 8.29. The van der Waals surface area contributed by atoms with E-state index in [9.17, 15) is 14.0 Å². The first kappa shape index (κ1) is 19.4. The van der Waals surface area contributed by atoms with Crippen molar-refractivity contribution in [1.29, 1.82) is 0 Å². The number of anilines is 1. The fourth-order valence-electron chi connectivity index (χ4n) is 2.67. The molecule has 3 amide bonds. The van der Waals surface area contributed by atoms with E-state index in [0.717, 1.165) is 17.2 Å². The van der Waals surface area contributed by atoms with Gasteiger partial charge in [0.15, 0.2) is 0 Å². The Labute approximate surface area is 166 Å². The van der Waals surface area contributed by atoms with Crippen molar-refractivity contribution in [1.82, 2.24) is 5.32 Å². The summed E-state index contributed by atoms with van der Waals surface area (Å²) in [5, 5.41) is 4.49. The molecule has 0 aliphatic rings. The van der Waals surface area contributed by atoms with E-state index in [1.807, 2.05) is 30.3 Å². The molecule has 0 heterocycles. The quantitative estimate of drug-likeness (QED) is 0.641. The Morgan fingerprint density at radius 1 is 1.00 bits per heavy atom. The van der Waals surface area contributed by atoms with Gasteiger partial charge in [0.1, 0.15) is 11.6 Å². The van der Waals surface area contributed by atoms with Gasteiger partial charge >= 0.3 is 6.03 Å². The monoisotopic (exact) mass is 398 g/mol. The van der Waals surface area contributed by atoms with Crippen LogP contribution >= 0.6 is 11.6 Å². The lowest BCUT2D eigenvalue weighted by Crippen LogP contribution is -2.35. The summed E-state index contributed by atoms with van der Waals surface area (Å²) >= 11 is 5.83. The number of imide groups is 1. The van der Waals surface area contributed by atoms with E-state index >= 15 is 0 Å². The van der Waals surface area contributed by atoms with Crippen LogP contribution in [-0.4, -0.2) is 19.0 Å². The van der Waals surface area contributed by atoms with Crippen LogP contribution in [0.5, 0.6) is 5.75 Å². The first-order valence-corrected chi connectivity index (χ1v) is 8.67. The van der Waals surface area contributed by atoms with Gasteiger partial charge in [0.2, 0.25) is 0 Å². The molecule has 0 aromatic heterocycles. The molecule has 5 nitrogen and oxygen atoms in total. The summed E-state index contributed by atoms with van der Waals surface area (Å²) in [6, 6.07) is 17.7. The number of benzene rings is 3. The van der Waals surface area contributed by atoms with Gasteiger partial charge in [-0.15, -0.1) is 0 Å². The lowest BCUT2D eigenvalue weighted by molar-refractivity contribution is 0.0963. The van der Waals surface area contributed by atoms with Gasteiger partial charge in [0, 0.05) is 17.3 Å². The summed E-state index contributed by atoms with van der Waals surface area (Å²) < 4.78 is 19.2. The van der Waals surface area contributed by atoms with Crippen molar-refractivity contribution in [3.05, 3.63) is 83.1 Å². The predicted molar refractivity (Wildman–Crippen MR) is 106 cm³/mol. The summed E-state index contributed by atoms with van der Waals surface area (Å²) in [6.45, 7) is 0. The number of rotatable bonds is 4. The molecule has 0 aliphatic carbocycles. The molecule has 0 aliphatic heterocycles. The molecule has 7 heteroatoms. The van der Waals surface area contributed by atoms with Gasteiger partial charge in [-0.25, -0.2) is 9.18 Å². The number of nitrogens with one attached hydrogen (secondary N) is 2. The number of carbonyl (C=O) groups excluding carboxylic acids is 2. The van der Waals surface area contributed by atoms with Crippen molar-refractivity contribution in [3.63, 3.8) is 0 Å². The third kappa shape index (κ3) is 4.29. The van der Waals surface area contributed by atoms with E-state index in [0.29, 0.717) is 11.4 Å². The number of urea groups is 1. The van der Waals surface area contributed by atoms with Crippen LogP contribution in [0.25, 0.3) is 11.1 Å². The molecule has 2 N–H and O–H groups in total. The Morgan fingerprint density at radius 3 is 2.43 bits per heavy atom. The highest BCUT2D eigenvalue weighted by Gasteiger charge is 2.18. The number of carbonyl (C=O) groups is 2. The molecule has 0 saturated carbocycles. The van der Waals surface area contributed by atoms with E-state index in [2.05, 4.69) is 10.6 Å². The molecule has 3 rings (SSSR count). The molecule has 0 unspecified atom stereocenters.